The van der Waals surface area contributed by atoms with E-state index in [0.29, 0.717) is 24.2 Å². The summed E-state index contributed by atoms with van der Waals surface area (Å²) in [5.41, 5.74) is 1.49. The molecule has 0 aromatic heterocycles. The minimum atomic E-state index is -0.690. The number of ether oxygens (including phenoxy) is 1. The van der Waals surface area contributed by atoms with Crippen LogP contribution in [0.1, 0.15) is 58.1 Å². The van der Waals surface area contributed by atoms with Gasteiger partial charge in [-0.25, -0.2) is 0 Å². The fraction of sp³-hybridized carbons (Fsp3) is 0.500. The summed E-state index contributed by atoms with van der Waals surface area (Å²) in [6, 6.07) is 20.4. The molecule has 0 radical (unpaired) electrons. The second-order valence-electron chi connectivity index (χ2n) is 9.13. The molecule has 28 heavy (non-hydrogen) atoms. The first-order valence-corrected chi connectivity index (χ1v) is 10.7. The van der Waals surface area contributed by atoms with E-state index < -0.39 is 5.41 Å². The molecule has 0 aliphatic heterocycles. The highest BCUT2D eigenvalue weighted by Crippen LogP contribution is 2.38. The quantitative estimate of drug-likeness (QED) is 0.560. The van der Waals surface area contributed by atoms with Crippen molar-refractivity contribution in [2.75, 3.05) is 0 Å². The predicted octanol–water partition coefficient (Wildman–Crippen LogP) is 6.19. The molecule has 0 amide bonds. The highest BCUT2D eigenvalue weighted by molar-refractivity contribution is 5.83. The summed E-state index contributed by atoms with van der Waals surface area (Å²) in [4.78, 5) is 13.6. The molecule has 1 fully saturated rings. The lowest BCUT2D eigenvalue weighted by molar-refractivity contribution is -0.162. The van der Waals surface area contributed by atoms with Gasteiger partial charge in [0.25, 0.3) is 0 Å². The minimum Gasteiger partial charge on any atom is -0.461 e. The molecule has 2 heteroatoms. The normalized spacial score (nSPS) is 24.5. The first-order chi connectivity index (χ1) is 13.4. The van der Waals surface area contributed by atoms with E-state index in [-0.39, 0.29) is 12.1 Å². The van der Waals surface area contributed by atoms with Gasteiger partial charge >= 0.3 is 5.97 Å². The molecule has 3 rings (SSSR count). The molecule has 150 valence electrons. The SMILES string of the molecule is CC(C)[C@@H]1CC[C@@H](C)C[C@H]1OC(=O)C(C)(Cc1ccccc1)c1ccccc1. The van der Waals surface area contributed by atoms with Crippen LogP contribution in [0, 0.1) is 17.8 Å². The number of hydrogen-bond donors (Lipinski definition) is 0. The number of hydrogen-bond acceptors (Lipinski definition) is 2. The number of esters is 1. The van der Waals surface area contributed by atoms with Crippen LogP contribution in [-0.2, 0) is 21.4 Å². The Morgan fingerprint density at radius 2 is 1.64 bits per heavy atom. The maximum absolute atomic E-state index is 13.6. The molecule has 0 bridgehead atoms. The molecule has 4 atom stereocenters. The zero-order valence-electron chi connectivity index (χ0n) is 17.7. The smallest absolute Gasteiger partial charge is 0.316 e. The lowest BCUT2D eigenvalue weighted by atomic mass is 9.74. The monoisotopic (exact) mass is 378 g/mol. The summed E-state index contributed by atoms with van der Waals surface area (Å²) in [6.07, 6.45) is 4.03. The third kappa shape index (κ3) is 4.66. The molecule has 0 saturated heterocycles. The van der Waals surface area contributed by atoms with Crippen LogP contribution >= 0.6 is 0 Å². The molecular weight excluding hydrogens is 344 g/mol. The van der Waals surface area contributed by atoms with Crippen molar-refractivity contribution in [2.24, 2.45) is 17.8 Å². The Morgan fingerprint density at radius 3 is 2.25 bits per heavy atom. The van der Waals surface area contributed by atoms with E-state index in [0.717, 1.165) is 24.0 Å². The van der Waals surface area contributed by atoms with Crippen LogP contribution in [0.25, 0.3) is 0 Å². The molecule has 1 aliphatic carbocycles. The van der Waals surface area contributed by atoms with Crippen molar-refractivity contribution < 1.29 is 9.53 Å². The summed E-state index contributed by atoms with van der Waals surface area (Å²) in [7, 11) is 0. The molecule has 1 aliphatic rings. The number of carbonyl (C=O) groups is 1. The minimum absolute atomic E-state index is 0.0232. The maximum atomic E-state index is 13.6. The molecule has 0 spiro atoms. The molecule has 2 aromatic carbocycles. The van der Waals surface area contributed by atoms with Crippen LogP contribution in [0.4, 0.5) is 0 Å². The van der Waals surface area contributed by atoms with E-state index in [1.165, 1.54) is 6.42 Å². The van der Waals surface area contributed by atoms with Gasteiger partial charge in [0.15, 0.2) is 0 Å². The Balaban J connectivity index is 1.88. The first-order valence-electron chi connectivity index (χ1n) is 10.7. The van der Waals surface area contributed by atoms with Crippen molar-refractivity contribution in [2.45, 2.75) is 64.9 Å². The Labute approximate surface area is 170 Å². The van der Waals surface area contributed by atoms with E-state index in [1.807, 2.05) is 55.5 Å². The largest absolute Gasteiger partial charge is 0.461 e. The van der Waals surface area contributed by atoms with Crippen LogP contribution < -0.4 is 0 Å². The van der Waals surface area contributed by atoms with Gasteiger partial charge in [-0.2, -0.15) is 0 Å². The van der Waals surface area contributed by atoms with Crippen LogP contribution in [0.2, 0.25) is 0 Å². The van der Waals surface area contributed by atoms with Crippen LogP contribution in [-0.4, -0.2) is 12.1 Å². The Morgan fingerprint density at radius 1 is 1.04 bits per heavy atom. The third-order valence-electron chi connectivity index (χ3n) is 6.48. The van der Waals surface area contributed by atoms with Gasteiger partial charge in [0, 0.05) is 0 Å². The molecule has 2 nitrogen and oxygen atoms in total. The molecule has 0 heterocycles. The van der Waals surface area contributed by atoms with Crippen LogP contribution in [0.3, 0.4) is 0 Å². The zero-order chi connectivity index (χ0) is 20.1. The van der Waals surface area contributed by atoms with E-state index in [9.17, 15) is 4.79 Å². The summed E-state index contributed by atoms with van der Waals surface area (Å²) in [5, 5.41) is 0. The van der Waals surface area contributed by atoms with Gasteiger partial charge < -0.3 is 4.74 Å². The van der Waals surface area contributed by atoms with Crippen molar-refractivity contribution in [3.05, 3.63) is 71.8 Å². The van der Waals surface area contributed by atoms with E-state index in [4.69, 9.17) is 4.74 Å². The van der Waals surface area contributed by atoms with Gasteiger partial charge in [-0.05, 0) is 55.1 Å². The average Bonchev–Trinajstić information content (AvgIpc) is 2.69. The second-order valence-corrected chi connectivity index (χ2v) is 9.13. The fourth-order valence-corrected chi connectivity index (χ4v) is 4.62. The first kappa shape index (κ1) is 20.6. The molecule has 1 saturated carbocycles. The van der Waals surface area contributed by atoms with Crippen molar-refractivity contribution in [1.82, 2.24) is 0 Å². The average molecular weight is 379 g/mol. The van der Waals surface area contributed by atoms with E-state index >= 15 is 0 Å². The van der Waals surface area contributed by atoms with E-state index in [2.05, 4.69) is 32.9 Å². The highest BCUT2D eigenvalue weighted by Gasteiger charge is 2.41. The van der Waals surface area contributed by atoms with Crippen molar-refractivity contribution in [3.8, 4) is 0 Å². The maximum Gasteiger partial charge on any atom is 0.316 e. The van der Waals surface area contributed by atoms with Gasteiger partial charge in [0.1, 0.15) is 6.10 Å². The lowest BCUT2D eigenvalue weighted by Crippen LogP contribution is -2.43. The van der Waals surface area contributed by atoms with Gasteiger partial charge in [-0.15, -0.1) is 0 Å². The Kier molecular flexibility index (Phi) is 6.59. The summed E-state index contributed by atoms with van der Waals surface area (Å²) >= 11 is 0. The number of carbonyl (C=O) groups excluding carboxylic acids is 1. The van der Waals surface area contributed by atoms with Gasteiger partial charge in [0.05, 0.1) is 5.41 Å². The van der Waals surface area contributed by atoms with Crippen molar-refractivity contribution >= 4 is 5.97 Å². The van der Waals surface area contributed by atoms with Crippen molar-refractivity contribution in [3.63, 3.8) is 0 Å². The second kappa shape index (κ2) is 8.94. The zero-order valence-corrected chi connectivity index (χ0v) is 17.7. The topological polar surface area (TPSA) is 26.3 Å². The molecular formula is C26H34O2. The third-order valence-corrected chi connectivity index (χ3v) is 6.48. The van der Waals surface area contributed by atoms with E-state index in [1.54, 1.807) is 0 Å². The summed E-state index contributed by atoms with van der Waals surface area (Å²) < 4.78 is 6.29. The van der Waals surface area contributed by atoms with Crippen molar-refractivity contribution in [1.29, 1.82) is 0 Å². The Hall–Kier alpha value is -2.09. The predicted molar refractivity (Wildman–Crippen MR) is 115 cm³/mol. The lowest BCUT2D eigenvalue weighted by Gasteiger charge is -2.39. The number of benzene rings is 2. The summed E-state index contributed by atoms with van der Waals surface area (Å²) in [6.45, 7) is 8.82. The molecule has 1 unspecified atom stereocenters. The Bertz CT molecular complexity index is 753. The molecule has 2 aromatic rings. The van der Waals surface area contributed by atoms with Gasteiger partial charge in [-0.3, -0.25) is 4.79 Å². The van der Waals surface area contributed by atoms with Crippen LogP contribution in [0.15, 0.2) is 60.7 Å². The highest BCUT2D eigenvalue weighted by atomic mass is 16.5. The fourth-order valence-electron chi connectivity index (χ4n) is 4.62. The van der Waals surface area contributed by atoms with Gasteiger partial charge in [-0.1, -0.05) is 87.9 Å². The number of rotatable bonds is 6. The molecule has 0 N–H and O–H groups in total. The van der Waals surface area contributed by atoms with Gasteiger partial charge in [0.2, 0.25) is 0 Å². The van der Waals surface area contributed by atoms with Crippen LogP contribution in [0.5, 0.6) is 0 Å². The summed E-state index contributed by atoms with van der Waals surface area (Å²) in [5.74, 6) is 1.51. The standard InChI is InChI=1S/C26H34O2/c1-19(2)23-16-15-20(3)17-24(23)28-25(27)26(4,22-13-9-6-10-14-22)18-21-11-7-5-8-12-21/h5-14,19-20,23-24H,15-18H2,1-4H3/t20-,23+,24-,26?/m1/s1.